The van der Waals surface area contributed by atoms with Crippen LogP contribution in [-0.4, -0.2) is 25.7 Å². The van der Waals surface area contributed by atoms with Crippen molar-refractivity contribution in [2.75, 3.05) is 19.8 Å². The van der Waals surface area contributed by atoms with Gasteiger partial charge in [-0.2, -0.15) is 0 Å². The number of carbonyl (C=O) groups excluding carboxylic acids is 1. The molecule has 1 radical (unpaired) electrons. The fraction of sp³-hybridized carbons (Fsp3) is 0.778. The molecule has 12 heavy (non-hydrogen) atoms. The number of hydrogen-bond donors (Lipinski definition) is 1. The largest absolute Gasteiger partial charge is 0.381 e. The van der Waals surface area contributed by atoms with Crippen LogP contribution >= 0.6 is 0 Å². The van der Waals surface area contributed by atoms with Gasteiger partial charge in [0.15, 0.2) is 0 Å². The van der Waals surface area contributed by atoms with Crippen LogP contribution in [0.15, 0.2) is 0 Å². The summed E-state index contributed by atoms with van der Waals surface area (Å²) in [6, 6.07) is 0. The molecule has 3 nitrogen and oxygen atoms in total. The lowest BCUT2D eigenvalue weighted by Gasteiger charge is -2.03. The van der Waals surface area contributed by atoms with E-state index >= 15 is 0 Å². The van der Waals surface area contributed by atoms with E-state index in [1.54, 1.807) is 0 Å². The van der Waals surface area contributed by atoms with Crippen LogP contribution < -0.4 is 5.32 Å². The molecule has 0 fully saturated rings. The number of ether oxygens (including phenoxy) is 1. The lowest BCUT2D eigenvalue weighted by Crippen LogP contribution is -2.24. The maximum absolute atomic E-state index is 10.7. The Balaban J connectivity index is 2.95. The van der Waals surface area contributed by atoms with Crippen molar-refractivity contribution in [1.82, 2.24) is 5.32 Å². The van der Waals surface area contributed by atoms with E-state index < -0.39 is 0 Å². The van der Waals surface area contributed by atoms with E-state index in [1.165, 1.54) is 0 Å². The van der Waals surface area contributed by atoms with E-state index in [0.29, 0.717) is 26.2 Å². The summed E-state index contributed by atoms with van der Waals surface area (Å²) < 4.78 is 5.18. The van der Waals surface area contributed by atoms with Crippen LogP contribution in [-0.2, 0) is 9.53 Å². The molecule has 3 heteroatoms. The van der Waals surface area contributed by atoms with Gasteiger partial charge in [0.25, 0.3) is 0 Å². The van der Waals surface area contributed by atoms with Gasteiger partial charge in [-0.05, 0) is 12.8 Å². The van der Waals surface area contributed by atoms with E-state index in [2.05, 4.69) is 12.2 Å². The Morgan fingerprint density at radius 3 is 2.83 bits per heavy atom. The SMILES string of the molecule is [CH2]CCOCCCNC(=O)CC. The summed E-state index contributed by atoms with van der Waals surface area (Å²) in [6.45, 7) is 7.62. The molecule has 0 aromatic carbocycles. The highest BCUT2D eigenvalue weighted by atomic mass is 16.5. The summed E-state index contributed by atoms with van der Waals surface area (Å²) in [7, 11) is 0. The highest BCUT2D eigenvalue weighted by Crippen LogP contribution is 1.84. The molecule has 0 rings (SSSR count). The van der Waals surface area contributed by atoms with Crippen LogP contribution in [0, 0.1) is 6.92 Å². The minimum absolute atomic E-state index is 0.104. The number of hydrogen-bond acceptors (Lipinski definition) is 2. The Kier molecular flexibility index (Phi) is 8.12. The van der Waals surface area contributed by atoms with Gasteiger partial charge in [0.2, 0.25) is 5.91 Å². The zero-order chi connectivity index (χ0) is 9.23. The molecule has 0 bridgehead atoms. The second-order valence-corrected chi connectivity index (χ2v) is 2.52. The van der Waals surface area contributed by atoms with Gasteiger partial charge in [-0.3, -0.25) is 4.79 Å². The van der Waals surface area contributed by atoms with Gasteiger partial charge in [0.1, 0.15) is 0 Å². The van der Waals surface area contributed by atoms with Crippen molar-refractivity contribution < 1.29 is 9.53 Å². The predicted molar refractivity (Wildman–Crippen MR) is 48.7 cm³/mol. The third-order valence-corrected chi connectivity index (χ3v) is 1.40. The van der Waals surface area contributed by atoms with Crippen LogP contribution in [0.1, 0.15) is 26.2 Å². The average molecular weight is 172 g/mol. The van der Waals surface area contributed by atoms with Crippen molar-refractivity contribution in [3.63, 3.8) is 0 Å². The number of amides is 1. The maximum Gasteiger partial charge on any atom is 0.219 e. The highest BCUT2D eigenvalue weighted by molar-refractivity contribution is 5.75. The third-order valence-electron chi connectivity index (χ3n) is 1.40. The van der Waals surface area contributed by atoms with Crippen molar-refractivity contribution in [1.29, 1.82) is 0 Å². The topological polar surface area (TPSA) is 38.3 Å². The van der Waals surface area contributed by atoms with Crippen molar-refractivity contribution in [2.24, 2.45) is 0 Å². The Bertz CT molecular complexity index is 115. The lowest BCUT2D eigenvalue weighted by molar-refractivity contribution is -0.120. The number of rotatable bonds is 7. The van der Waals surface area contributed by atoms with Gasteiger partial charge < -0.3 is 10.1 Å². The van der Waals surface area contributed by atoms with E-state index in [9.17, 15) is 4.79 Å². The molecule has 0 unspecified atom stereocenters. The molecule has 0 aromatic heterocycles. The quantitative estimate of drug-likeness (QED) is 0.585. The molecule has 0 aromatic rings. The van der Waals surface area contributed by atoms with Crippen LogP contribution in [0.5, 0.6) is 0 Å². The van der Waals surface area contributed by atoms with Gasteiger partial charge >= 0.3 is 0 Å². The summed E-state index contributed by atoms with van der Waals surface area (Å²) in [5.41, 5.74) is 0. The Labute approximate surface area is 74.5 Å². The molecule has 0 aliphatic carbocycles. The molecule has 1 N–H and O–H groups in total. The van der Waals surface area contributed by atoms with E-state index in [-0.39, 0.29) is 5.91 Å². The Hall–Kier alpha value is -0.570. The normalized spacial score (nSPS) is 9.83. The smallest absolute Gasteiger partial charge is 0.219 e. The lowest BCUT2D eigenvalue weighted by atomic mass is 10.4. The molecule has 0 heterocycles. The van der Waals surface area contributed by atoms with Gasteiger partial charge in [-0.25, -0.2) is 0 Å². The molecule has 0 aliphatic rings. The first-order chi connectivity index (χ1) is 5.81. The molecule has 0 saturated carbocycles. The molecular formula is C9H18NO2. The second kappa shape index (κ2) is 8.53. The van der Waals surface area contributed by atoms with Gasteiger partial charge in [-0.1, -0.05) is 13.8 Å². The Morgan fingerprint density at radius 1 is 1.50 bits per heavy atom. The van der Waals surface area contributed by atoms with Crippen LogP contribution in [0.4, 0.5) is 0 Å². The summed E-state index contributed by atoms with van der Waals surface area (Å²) >= 11 is 0. The van der Waals surface area contributed by atoms with Crippen molar-refractivity contribution >= 4 is 5.91 Å². The zero-order valence-electron chi connectivity index (χ0n) is 7.77. The molecule has 1 amide bonds. The average Bonchev–Trinajstić information content (AvgIpc) is 2.10. The summed E-state index contributed by atoms with van der Waals surface area (Å²) in [5.74, 6) is 0.104. The first-order valence-electron chi connectivity index (χ1n) is 4.45. The van der Waals surface area contributed by atoms with E-state index in [0.717, 1.165) is 12.8 Å². The summed E-state index contributed by atoms with van der Waals surface area (Å²) in [5, 5.41) is 2.77. The van der Waals surface area contributed by atoms with Crippen molar-refractivity contribution in [3.8, 4) is 0 Å². The second-order valence-electron chi connectivity index (χ2n) is 2.52. The number of nitrogens with one attached hydrogen (secondary N) is 1. The standard InChI is InChI=1S/C9H18NO2/c1-3-7-12-8-5-6-10-9(11)4-2/h1,3-8H2,2H3,(H,10,11). The minimum Gasteiger partial charge on any atom is -0.381 e. The molecule has 71 valence electrons. The molecule has 0 atom stereocenters. The van der Waals surface area contributed by atoms with Crippen LogP contribution in [0.25, 0.3) is 0 Å². The fourth-order valence-electron chi connectivity index (χ4n) is 0.731. The van der Waals surface area contributed by atoms with E-state index in [1.807, 2.05) is 6.92 Å². The molecular weight excluding hydrogens is 154 g/mol. The van der Waals surface area contributed by atoms with Gasteiger partial charge in [-0.15, -0.1) is 0 Å². The maximum atomic E-state index is 10.7. The van der Waals surface area contributed by atoms with Crippen molar-refractivity contribution in [3.05, 3.63) is 6.92 Å². The first kappa shape index (κ1) is 11.4. The minimum atomic E-state index is 0.104. The fourth-order valence-corrected chi connectivity index (χ4v) is 0.731. The van der Waals surface area contributed by atoms with Gasteiger partial charge in [0, 0.05) is 26.2 Å². The number of carbonyl (C=O) groups is 1. The van der Waals surface area contributed by atoms with Crippen LogP contribution in [0.3, 0.4) is 0 Å². The monoisotopic (exact) mass is 172 g/mol. The molecule has 0 spiro atoms. The van der Waals surface area contributed by atoms with Crippen LogP contribution in [0.2, 0.25) is 0 Å². The first-order valence-corrected chi connectivity index (χ1v) is 4.45. The zero-order valence-corrected chi connectivity index (χ0v) is 7.77. The van der Waals surface area contributed by atoms with Gasteiger partial charge in [0.05, 0.1) is 0 Å². The van der Waals surface area contributed by atoms with Crippen molar-refractivity contribution in [2.45, 2.75) is 26.2 Å². The third kappa shape index (κ3) is 7.54. The highest BCUT2D eigenvalue weighted by Gasteiger charge is 1.94. The van der Waals surface area contributed by atoms with E-state index in [4.69, 9.17) is 4.74 Å². The predicted octanol–water partition coefficient (Wildman–Crippen LogP) is 1.14. The molecule has 0 aliphatic heterocycles. The Morgan fingerprint density at radius 2 is 2.25 bits per heavy atom. The molecule has 0 saturated heterocycles. The summed E-state index contributed by atoms with van der Waals surface area (Å²) in [4.78, 5) is 10.7. The summed E-state index contributed by atoms with van der Waals surface area (Å²) in [6.07, 6.45) is 2.24.